The first-order valence-corrected chi connectivity index (χ1v) is 16.2. The van der Waals surface area contributed by atoms with Crippen LogP contribution in [0.25, 0.3) is 0 Å². The lowest BCUT2D eigenvalue weighted by atomic mass is 9.72. The molecule has 0 aliphatic carbocycles. The molecule has 0 heterocycles. The Hall–Kier alpha value is -0.200. The van der Waals surface area contributed by atoms with Gasteiger partial charge in [-0.05, 0) is 19.3 Å². The van der Waals surface area contributed by atoms with E-state index < -0.39 is 23.9 Å². The molecule has 37 heavy (non-hydrogen) atoms. The Bertz CT molecular complexity index is 474. The molecular formula is C32H66O5. The highest BCUT2D eigenvalue weighted by molar-refractivity contribution is 5.04. The van der Waals surface area contributed by atoms with Gasteiger partial charge in [0.2, 0.25) is 0 Å². The van der Waals surface area contributed by atoms with E-state index in [1.165, 1.54) is 83.5 Å². The van der Waals surface area contributed by atoms with Crippen molar-refractivity contribution in [3.05, 3.63) is 0 Å². The molecule has 0 aliphatic rings. The van der Waals surface area contributed by atoms with Gasteiger partial charge in [-0.1, -0.05) is 149 Å². The first kappa shape index (κ1) is 36.8. The first-order valence-electron chi connectivity index (χ1n) is 16.2. The first-order chi connectivity index (χ1) is 17.9. The third kappa shape index (κ3) is 17.2. The molecule has 0 aromatic rings. The van der Waals surface area contributed by atoms with Gasteiger partial charge < -0.3 is 25.2 Å². The van der Waals surface area contributed by atoms with Crippen LogP contribution in [0.4, 0.5) is 0 Å². The molecule has 5 heteroatoms. The Morgan fingerprint density at radius 3 is 1.35 bits per heavy atom. The molecule has 0 rings (SSSR count). The molecule has 0 aromatic heterocycles. The van der Waals surface area contributed by atoms with E-state index in [2.05, 4.69) is 20.8 Å². The molecule has 5 nitrogen and oxygen atoms in total. The van der Waals surface area contributed by atoms with Crippen LogP contribution < -0.4 is 0 Å². The minimum Gasteiger partial charge on any atom is -0.393 e. The Morgan fingerprint density at radius 2 is 0.919 bits per heavy atom. The van der Waals surface area contributed by atoms with Crippen molar-refractivity contribution in [2.75, 3.05) is 19.8 Å². The van der Waals surface area contributed by atoms with E-state index in [9.17, 15) is 20.4 Å². The van der Waals surface area contributed by atoms with Crippen molar-refractivity contribution in [3.63, 3.8) is 0 Å². The molecule has 0 amide bonds. The van der Waals surface area contributed by atoms with Crippen molar-refractivity contribution in [3.8, 4) is 0 Å². The van der Waals surface area contributed by atoms with Crippen LogP contribution >= 0.6 is 0 Å². The van der Waals surface area contributed by atoms with Gasteiger partial charge in [-0.2, -0.15) is 0 Å². The number of aliphatic hydroxyl groups excluding tert-OH is 2. The van der Waals surface area contributed by atoms with Crippen molar-refractivity contribution < 1.29 is 25.2 Å². The van der Waals surface area contributed by atoms with Gasteiger partial charge in [0.25, 0.3) is 0 Å². The highest BCUT2D eigenvalue weighted by Gasteiger charge is 2.52. The number of hydrogen-bond acceptors (Lipinski definition) is 5. The van der Waals surface area contributed by atoms with E-state index in [0.29, 0.717) is 13.0 Å². The quantitative estimate of drug-likeness (QED) is 0.0739. The number of ether oxygens (including phenoxy) is 1. The Morgan fingerprint density at radius 1 is 0.541 bits per heavy atom. The van der Waals surface area contributed by atoms with Crippen molar-refractivity contribution in [1.29, 1.82) is 0 Å². The monoisotopic (exact) mass is 530 g/mol. The lowest BCUT2D eigenvalue weighted by Crippen LogP contribution is -2.64. The largest absolute Gasteiger partial charge is 0.393 e. The van der Waals surface area contributed by atoms with Gasteiger partial charge in [-0.3, -0.25) is 0 Å². The lowest BCUT2D eigenvalue weighted by Gasteiger charge is -2.45. The van der Waals surface area contributed by atoms with Gasteiger partial charge in [-0.15, -0.1) is 0 Å². The van der Waals surface area contributed by atoms with Crippen molar-refractivity contribution in [2.45, 2.75) is 186 Å². The number of unbranched alkanes of at least 4 members (excludes halogenated alkanes) is 18. The molecule has 224 valence electrons. The number of aliphatic hydroxyl groups is 4. The third-order valence-electron chi connectivity index (χ3n) is 8.14. The van der Waals surface area contributed by atoms with Gasteiger partial charge in [-0.25, -0.2) is 0 Å². The second-order valence-corrected chi connectivity index (χ2v) is 11.6. The molecule has 0 saturated heterocycles. The summed E-state index contributed by atoms with van der Waals surface area (Å²) in [5.74, 6) is 0. The van der Waals surface area contributed by atoms with Crippen molar-refractivity contribution in [1.82, 2.24) is 0 Å². The summed E-state index contributed by atoms with van der Waals surface area (Å²) in [7, 11) is 0. The topological polar surface area (TPSA) is 90.2 Å². The van der Waals surface area contributed by atoms with Crippen LogP contribution in [-0.2, 0) is 4.74 Å². The normalized spacial score (nSPS) is 16.0. The summed E-state index contributed by atoms with van der Waals surface area (Å²) in [6, 6.07) is 0. The highest BCUT2D eigenvalue weighted by atomic mass is 16.5. The molecule has 0 radical (unpaired) electrons. The SMILES string of the molecule is CCCCCCCCCOCC(O)C(O)(CCCCCCCCC)C(O)(CO)CCCCCCCCC. The minimum absolute atomic E-state index is 0.0117. The van der Waals surface area contributed by atoms with Gasteiger partial charge in [0, 0.05) is 6.61 Å². The van der Waals surface area contributed by atoms with Crippen LogP contribution in [-0.4, -0.2) is 57.6 Å². The maximum Gasteiger partial charge on any atom is 0.123 e. The van der Waals surface area contributed by atoms with Crippen molar-refractivity contribution in [2.24, 2.45) is 0 Å². The fourth-order valence-electron chi connectivity index (χ4n) is 5.36. The molecule has 0 aliphatic heterocycles. The summed E-state index contributed by atoms with van der Waals surface area (Å²) in [6.07, 6.45) is 23.0. The van der Waals surface area contributed by atoms with Gasteiger partial charge in [0.1, 0.15) is 17.3 Å². The van der Waals surface area contributed by atoms with E-state index in [-0.39, 0.29) is 13.0 Å². The highest BCUT2D eigenvalue weighted by Crippen LogP contribution is 2.36. The lowest BCUT2D eigenvalue weighted by molar-refractivity contribution is -0.232. The molecule has 0 fully saturated rings. The summed E-state index contributed by atoms with van der Waals surface area (Å²) in [4.78, 5) is 0. The van der Waals surface area contributed by atoms with Crippen LogP contribution in [0.5, 0.6) is 0 Å². The zero-order valence-electron chi connectivity index (χ0n) is 25.2. The van der Waals surface area contributed by atoms with E-state index in [1.807, 2.05) is 0 Å². The maximum atomic E-state index is 11.7. The summed E-state index contributed by atoms with van der Waals surface area (Å²) in [6.45, 7) is 6.62. The molecular weight excluding hydrogens is 464 g/mol. The summed E-state index contributed by atoms with van der Waals surface area (Å²) in [5.41, 5.74) is -3.49. The van der Waals surface area contributed by atoms with Gasteiger partial charge >= 0.3 is 0 Å². The van der Waals surface area contributed by atoms with Crippen LogP contribution in [0, 0.1) is 0 Å². The predicted molar refractivity (Wildman–Crippen MR) is 157 cm³/mol. The van der Waals surface area contributed by atoms with Crippen molar-refractivity contribution >= 4 is 0 Å². The van der Waals surface area contributed by atoms with Gasteiger partial charge in [0.05, 0.1) is 13.2 Å². The number of rotatable bonds is 29. The summed E-state index contributed by atoms with van der Waals surface area (Å²) >= 11 is 0. The van der Waals surface area contributed by atoms with E-state index in [0.717, 1.165) is 51.4 Å². The molecule has 0 aromatic carbocycles. The second-order valence-electron chi connectivity index (χ2n) is 11.6. The van der Waals surface area contributed by atoms with E-state index in [1.54, 1.807) is 0 Å². The molecule has 3 unspecified atom stereocenters. The smallest absolute Gasteiger partial charge is 0.123 e. The van der Waals surface area contributed by atoms with Crippen LogP contribution in [0.3, 0.4) is 0 Å². The zero-order chi connectivity index (χ0) is 27.7. The Kier molecular flexibility index (Phi) is 24.7. The van der Waals surface area contributed by atoms with Crippen LogP contribution in [0.2, 0.25) is 0 Å². The summed E-state index contributed by atoms with van der Waals surface area (Å²) in [5, 5.41) is 44.4. The maximum absolute atomic E-state index is 11.7. The standard InChI is InChI=1S/C32H66O5/c1-4-7-10-13-16-19-22-25-31(35,29-33)32(36,26-23-20-17-14-11-8-5-2)30(34)28-37-27-24-21-18-15-12-9-6-3/h30,33-36H,4-29H2,1-3H3. The predicted octanol–water partition coefficient (Wildman–Crippen LogP) is 7.85. The average Bonchev–Trinajstić information content (AvgIpc) is 2.90. The van der Waals surface area contributed by atoms with Crippen LogP contribution in [0.15, 0.2) is 0 Å². The van der Waals surface area contributed by atoms with E-state index in [4.69, 9.17) is 4.74 Å². The number of hydrogen-bond donors (Lipinski definition) is 4. The Labute approximate surface area is 230 Å². The summed E-state index contributed by atoms with van der Waals surface area (Å²) < 4.78 is 5.76. The fraction of sp³-hybridized carbons (Fsp3) is 1.00. The molecule has 0 spiro atoms. The molecule has 0 bridgehead atoms. The second kappa shape index (κ2) is 24.8. The average molecular weight is 531 g/mol. The van der Waals surface area contributed by atoms with Gasteiger partial charge in [0.15, 0.2) is 0 Å². The zero-order valence-corrected chi connectivity index (χ0v) is 25.2. The van der Waals surface area contributed by atoms with Crippen LogP contribution in [0.1, 0.15) is 168 Å². The molecule has 4 N–H and O–H groups in total. The minimum atomic E-state index is -1.77. The Balaban J connectivity index is 4.80. The fourth-order valence-corrected chi connectivity index (χ4v) is 5.36. The third-order valence-corrected chi connectivity index (χ3v) is 8.14. The molecule has 3 atom stereocenters. The van der Waals surface area contributed by atoms with E-state index >= 15 is 0 Å². The molecule has 0 saturated carbocycles.